The maximum Gasteiger partial charge on any atom is 0.145 e. The average molecular weight is 660 g/mol. The number of aryl methyl sites for hydroxylation is 4. The monoisotopic (exact) mass is 659 g/mol. The number of imidazole rings is 2. The van der Waals surface area contributed by atoms with Gasteiger partial charge in [0.05, 0.1) is 16.6 Å². The summed E-state index contributed by atoms with van der Waals surface area (Å²) in [5, 5.41) is 5.36. The predicted octanol–water partition coefficient (Wildman–Crippen LogP) is 11.3. The van der Waals surface area contributed by atoms with Crippen LogP contribution in [0.1, 0.15) is 22.3 Å². The van der Waals surface area contributed by atoms with Gasteiger partial charge in [0, 0.05) is 58.1 Å². The summed E-state index contributed by atoms with van der Waals surface area (Å²) in [6.07, 6.45) is 9.63. The third-order valence-corrected chi connectivity index (χ3v) is 10.5. The van der Waals surface area contributed by atoms with Crippen LogP contribution in [0.4, 0.5) is 0 Å². The fraction of sp³-hybridized carbons (Fsp3) is 0.0889. The molecule has 51 heavy (non-hydrogen) atoms. The molecule has 244 valence electrons. The minimum atomic E-state index is 0.734. The van der Waals surface area contributed by atoms with Gasteiger partial charge in [-0.25, -0.2) is 9.97 Å². The molecule has 5 aromatic carbocycles. The highest BCUT2D eigenvalue weighted by Crippen LogP contribution is 2.45. The maximum atomic E-state index is 6.60. The number of benzene rings is 5. The van der Waals surface area contributed by atoms with E-state index in [9.17, 15) is 0 Å². The average Bonchev–Trinajstić information content (AvgIpc) is 3.84. The normalized spacial score (nSPS) is 11.9. The highest BCUT2D eigenvalue weighted by molar-refractivity contribution is 6.18. The largest absolute Gasteiger partial charge is 0.457 e. The van der Waals surface area contributed by atoms with Crippen LogP contribution in [0, 0.1) is 27.7 Å². The molecule has 5 heterocycles. The standard InChI is InChI=1S/C45H33N5O/c1-26-8-5-9-27(2)39(26)35-18-17-34-32-15-13-30(24-36(32)45-48-21-23-50(45)43(34)41(35)40-28(3)10-6-11-29(40)4)51-31-14-16-33-37(25-31)44-47-20-22-49(44)38-12-7-19-46-42(33)38/h5-25H,1-4H3. The molecule has 0 amide bonds. The van der Waals surface area contributed by atoms with Crippen molar-refractivity contribution in [2.24, 2.45) is 0 Å². The second-order valence-electron chi connectivity index (χ2n) is 13.5. The molecule has 0 aliphatic carbocycles. The van der Waals surface area contributed by atoms with Crippen LogP contribution >= 0.6 is 0 Å². The van der Waals surface area contributed by atoms with Gasteiger partial charge in [-0.2, -0.15) is 0 Å². The van der Waals surface area contributed by atoms with Crippen molar-refractivity contribution < 1.29 is 4.74 Å². The van der Waals surface area contributed by atoms with Crippen molar-refractivity contribution in [1.29, 1.82) is 0 Å². The van der Waals surface area contributed by atoms with Crippen molar-refractivity contribution in [1.82, 2.24) is 23.8 Å². The molecule has 0 aliphatic rings. The van der Waals surface area contributed by atoms with E-state index in [1.807, 2.05) is 36.9 Å². The molecule has 6 nitrogen and oxygen atoms in total. The minimum Gasteiger partial charge on any atom is -0.457 e. The number of nitrogens with zero attached hydrogens (tertiary/aromatic N) is 5. The molecule has 0 saturated heterocycles. The summed E-state index contributed by atoms with van der Waals surface area (Å²) in [6, 6.07) is 34.3. The van der Waals surface area contributed by atoms with Crippen molar-refractivity contribution in [2.75, 3.05) is 0 Å². The molecule has 0 N–H and O–H groups in total. The highest BCUT2D eigenvalue weighted by Gasteiger charge is 2.22. The van der Waals surface area contributed by atoms with Crippen LogP contribution in [0.5, 0.6) is 11.5 Å². The van der Waals surface area contributed by atoms with Crippen molar-refractivity contribution in [3.8, 4) is 33.8 Å². The van der Waals surface area contributed by atoms with Gasteiger partial charge in [-0.3, -0.25) is 13.8 Å². The van der Waals surface area contributed by atoms with Crippen molar-refractivity contribution in [3.63, 3.8) is 0 Å². The number of hydrogen-bond donors (Lipinski definition) is 0. The smallest absolute Gasteiger partial charge is 0.145 e. The number of rotatable bonds is 4. The van der Waals surface area contributed by atoms with E-state index >= 15 is 0 Å². The molecule has 0 unspecified atom stereocenters. The van der Waals surface area contributed by atoms with Crippen molar-refractivity contribution >= 4 is 54.8 Å². The number of aromatic nitrogens is 5. The second-order valence-corrected chi connectivity index (χ2v) is 13.5. The first kappa shape index (κ1) is 29.4. The first-order valence-electron chi connectivity index (χ1n) is 17.3. The molecule has 10 aromatic rings. The topological polar surface area (TPSA) is 56.7 Å². The first-order valence-corrected chi connectivity index (χ1v) is 17.3. The van der Waals surface area contributed by atoms with E-state index in [0.29, 0.717) is 0 Å². The maximum absolute atomic E-state index is 6.60. The fourth-order valence-electron chi connectivity index (χ4n) is 8.27. The lowest BCUT2D eigenvalue weighted by molar-refractivity contribution is 0.484. The van der Waals surface area contributed by atoms with Gasteiger partial charge in [0.15, 0.2) is 0 Å². The number of fused-ring (bicyclic) bond motifs is 12. The third kappa shape index (κ3) is 4.33. The van der Waals surface area contributed by atoms with E-state index < -0.39 is 0 Å². The Hall–Kier alpha value is -6.53. The Balaban J connectivity index is 1.19. The molecule has 0 fully saturated rings. The molecule has 6 heteroatoms. The summed E-state index contributed by atoms with van der Waals surface area (Å²) in [6.45, 7) is 8.86. The predicted molar refractivity (Wildman–Crippen MR) is 208 cm³/mol. The summed E-state index contributed by atoms with van der Waals surface area (Å²) in [5.74, 6) is 1.48. The van der Waals surface area contributed by atoms with E-state index in [-0.39, 0.29) is 0 Å². The lowest BCUT2D eigenvalue weighted by Gasteiger charge is -2.22. The summed E-state index contributed by atoms with van der Waals surface area (Å²) in [5.41, 5.74) is 14.9. The molecule has 0 spiro atoms. The van der Waals surface area contributed by atoms with E-state index in [2.05, 4.69) is 133 Å². The molecule has 0 bridgehead atoms. The first-order chi connectivity index (χ1) is 25.0. The van der Waals surface area contributed by atoms with Crippen LogP contribution in [-0.2, 0) is 0 Å². The van der Waals surface area contributed by atoms with E-state index in [1.165, 1.54) is 49.9 Å². The van der Waals surface area contributed by atoms with Gasteiger partial charge < -0.3 is 4.74 Å². The van der Waals surface area contributed by atoms with Crippen LogP contribution in [0.2, 0.25) is 0 Å². The fourth-order valence-corrected chi connectivity index (χ4v) is 8.27. The lowest BCUT2D eigenvalue weighted by atomic mass is 9.84. The van der Waals surface area contributed by atoms with Gasteiger partial charge in [-0.15, -0.1) is 0 Å². The SMILES string of the molecule is Cc1cccc(C)c1-c1ccc2c3ccc(Oc4ccc5c(c4)c4nccn4c4cccnc54)cc3c3nccn3c2c1-c1c(C)cccc1C. The Labute approximate surface area is 294 Å². The van der Waals surface area contributed by atoms with Crippen molar-refractivity contribution in [3.05, 3.63) is 150 Å². The summed E-state index contributed by atoms with van der Waals surface area (Å²) < 4.78 is 11.0. The summed E-state index contributed by atoms with van der Waals surface area (Å²) >= 11 is 0. The van der Waals surface area contributed by atoms with Crippen LogP contribution in [0.15, 0.2) is 128 Å². The molecule has 10 rings (SSSR count). The van der Waals surface area contributed by atoms with Gasteiger partial charge >= 0.3 is 0 Å². The number of pyridine rings is 3. The van der Waals surface area contributed by atoms with Gasteiger partial charge in [-0.1, -0.05) is 48.5 Å². The van der Waals surface area contributed by atoms with Crippen LogP contribution < -0.4 is 4.74 Å². The van der Waals surface area contributed by atoms with Gasteiger partial charge in [-0.05, 0) is 121 Å². The van der Waals surface area contributed by atoms with Gasteiger partial charge in [0.25, 0.3) is 0 Å². The highest BCUT2D eigenvalue weighted by atomic mass is 16.5. The van der Waals surface area contributed by atoms with E-state index in [4.69, 9.17) is 14.7 Å². The Kier molecular flexibility index (Phi) is 6.33. The van der Waals surface area contributed by atoms with Crippen LogP contribution in [-0.4, -0.2) is 23.8 Å². The van der Waals surface area contributed by atoms with E-state index in [0.717, 1.165) is 60.9 Å². The van der Waals surface area contributed by atoms with Gasteiger partial charge in [0.1, 0.15) is 22.8 Å². The summed E-state index contributed by atoms with van der Waals surface area (Å²) in [4.78, 5) is 14.3. The zero-order chi connectivity index (χ0) is 34.4. The zero-order valence-corrected chi connectivity index (χ0v) is 28.8. The molecule has 0 aliphatic heterocycles. The zero-order valence-electron chi connectivity index (χ0n) is 28.8. The third-order valence-electron chi connectivity index (χ3n) is 10.5. The molecular formula is C45H33N5O. The Bertz CT molecular complexity index is 3020. The van der Waals surface area contributed by atoms with Crippen LogP contribution in [0.3, 0.4) is 0 Å². The summed E-state index contributed by atoms with van der Waals surface area (Å²) in [7, 11) is 0. The molecule has 0 atom stereocenters. The second kappa shape index (κ2) is 11.0. The quantitative estimate of drug-likeness (QED) is 0.176. The Morgan fingerprint density at radius 1 is 0.471 bits per heavy atom. The van der Waals surface area contributed by atoms with Crippen LogP contribution in [0.25, 0.3) is 77.0 Å². The van der Waals surface area contributed by atoms with E-state index in [1.54, 1.807) is 0 Å². The number of hydrogen-bond acceptors (Lipinski definition) is 4. The molecule has 5 aromatic heterocycles. The van der Waals surface area contributed by atoms with Crippen molar-refractivity contribution in [2.45, 2.75) is 27.7 Å². The molecule has 0 saturated carbocycles. The minimum absolute atomic E-state index is 0.734. The molecular weight excluding hydrogens is 627 g/mol. The lowest BCUT2D eigenvalue weighted by Crippen LogP contribution is -2.00. The Morgan fingerprint density at radius 2 is 1.06 bits per heavy atom. The number of ether oxygens (including phenoxy) is 1. The Morgan fingerprint density at radius 3 is 1.76 bits per heavy atom. The molecule has 0 radical (unpaired) electrons. The van der Waals surface area contributed by atoms with Gasteiger partial charge in [0.2, 0.25) is 0 Å².